The van der Waals surface area contributed by atoms with Crippen LogP contribution in [0.1, 0.15) is 43.0 Å². The summed E-state index contributed by atoms with van der Waals surface area (Å²) in [5.74, 6) is 0. The SMILES string of the molecule is C=CC1=C(/C=C\C)c2ccc(-n3c4ccccc4c4cc(-c5ccc6c(c5)c5ccccc5n6-c5ccc6cc(-c7cc8c(c(=C)c7)=C(C=C)c7ccccc7-8)ccc6c5)ccc43)cc2C1(C)C.Cc1ccccc1. The number of aryl methyl sites for hydroxylation is 1. The first kappa shape index (κ1) is 45.6. The molecule has 75 heavy (non-hydrogen) atoms. The van der Waals surface area contributed by atoms with Crippen LogP contribution in [-0.4, -0.2) is 9.13 Å². The lowest BCUT2D eigenvalue weighted by molar-refractivity contribution is 0.654. The number of hydrogen-bond donors (Lipinski definition) is 0. The molecule has 358 valence electrons. The molecule has 0 amide bonds. The molecule has 12 aromatic rings. The lowest BCUT2D eigenvalue weighted by Crippen LogP contribution is -2.25. The summed E-state index contributed by atoms with van der Waals surface area (Å²) in [5.41, 5.74) is 23.0. The second-order valence-electron chi connectivity index (χ2n) is 20.7. The summed E-state index contributed by atoms with van der Waals surface area (Å²) in [7, 11) is 0. The molecule has 0 unspecified atom stereocenters. The molecule has 0 radical (unpaired) electrons. The number of rotatable bonds is 7. The molecule has 0 fully saturated rings. The van der Waals surface area contributed by atoms with Crippen molar-refractivity contribution in [1.29, 1.82) is 0 Å². The maximum absolute atomic E-state index is 4.51. The fourth-order valence-electron chi connectivity index (χ4n) is 12.4. The van der Waals surface area contributed by atoms with Gasteiger partial charge in [0.15, 0.2) is 0 Å². The van der Waals surface area contributed by atoms with Gasteiger partial charge in [-0.05, 0) is 181 Å². The summed E-state index contributed by atoms with van der Waals surface area (Å²) in [6, 6.07) is 75.7. The third kappa shape index (κ3) is 7.24. The third-order valence-corrected chi connectivity index (χ3v) is 16.0. The van der Waals surface area contributed by atoms with Gasteiger partial charge in [-0.3, -0.25) is 0 Å². The highest BCUT2D eigenvalue weighted by Gasteiger charge is 2.36. The molecular weight excluding hydrogens is 905 g/mol. The van der Waals surface area contributed by atoms with Crippen LogP contribution >= 0.6 is 0 Å². The van der Waals surface area contributed by atoms with Crippen molar-refractivity contribution in [3.8, 4) is 44.8 Å². The van der Waals surface area contributed by atoms with Crippen molar-refractivity contribution in [3.05, 3.63) is 282 Å². The third-order valence-electron chi connectivity index (χ3n) is 16.0. The standard InChI is InChI=1S/C66H48N2.C7H8/c1-7-16-52-53-30-29-48(39-60(53)66(5,6)59(52)9-3)68-62-22-15-13-20-55(62)57-37-45(27-32-64(57)68)44-26-31-63-56(36-44)54-19-12-14-21-61(54)67(63)47-28-25-41-34-42(23-24-43(41)35-47)46-33-40(4)65-49(8-2)50-17-10-11-18-51(50)58(65)38-46;1-7-5-3-2-4-6-7/h7-39H,2-4H2,1,5-6H3;2-6H,1H3/b16-7-;. The minimum atomic E-state index is -0.154. The Kier molecular flexibility index (Phi) is 10.8. The fraction of sp³-hybridized carbons (Fsp3) is 0.0685. The minimum absolute atomic E-state index is 0.154. The van der Waals surface area contributed by atoms with Crippen LogP contribution in [0.25, 0.3) is 117 Å². The number of aromatic nitrogens is 2. The van der Waals surface area contributed by atoms with E-state index in [-0.39, 0.29) is 5.41 Å². The predicted octanol–water partition coefficient (Wildman–Crippen LogP) is 17.9. The van der Waals surface area contributed by atoms with E-state index >= 15 is 0 Å². The van der Waals surface area contributed by atoms with Crippen molar-refractivity contribution in [2.24, 2.45) is 0 Å². The highest BCUT2D eigenvalue weighted by molar-refractivity contribution is 6.13. The molecule has 2 aromatic heterocycles. The van der Waals surface area contributed by atoms with Gasteiger partial charge in [-0.15, -0.1) is 0 Å². The lowest BCUT2D eigenvalue weighted by Gasteiger charge is -2.23. The van der Waals surface area contributed by atoms with Crippen molar-refractivity contribution < 1.29 is 0 Å². The summed E-state index contributed by atoms with van der Waals surface area (Å²) in [6.07, 6.45) is 8.37. The number of hydrogen-bond acceptors (Lipinski definition) is 0. The fourth-order valence-corrected chi connectivity index (χ4v) is 12.4. The van der Waals surface area contributed by atoms with E-state index in [4.69, 9.17) is 0 Å². The van der Waals surface area contributed by atoms with Gasteiger partial charge >= 0.3 is 0 Å². The van der Waals surface area contributed by atoms with Gasteiger partial charge in [0, 0.05) is 38.3 Å². The lowest BCUT2D eigenvalue weighted by atomic mass is 9.81. The van der Waals surface area contributed by atoms with Crippen molar-refractivity contribution >= 4 is 72.1 Å². The normalized spacial score (nSPS) is 13.5. The molecule has 0 spiro atoms. The zero-order valence-corrected chi connectivity index (χ0v) is 43.0. The molecule has 2 aliphatic rings. The van der Waals surface area contributed by atoms with Gasteiger partial charge < -0.3 is 9.13 Å². The average molecular weight is 961 g/mol. The zero-order chi connectivity index (χ0) is 51.1. The molecule has 0 saturated carbocycles. The Balaban J connectivity index is 0.000000717. The van der Waals surface area contributed by atoms with Crippen LogP contribution in [0, 0.1) is 6.92 Å². The topological polar surface area (TPSA) is 9.86 Å². The second-order valence-corrected chi connectivity index (χ2v) is 20.7. The predicted molar refractivity (Wildman–Crippen MR) is 323 cm³/mol. The number of benzene rings is 10. The van der Waals surface area contributed by atoms with Gasteiger partial charge in [0.05, 0.1) is 22.1 Å². The van der Waals surface area contributed by atoms with Crippen molar-refractivity contribution in [2.75, 3.05) is 0 Å². The Morgan fingerprint density at radius 3 is 1.60 bits per heavy atom. The second kappa shape index (κ2) is 17.8. The van der Waals surface area contributed by atoms with E-state index in [2.05, 4.69) is 257 Å². The van der Waals surface area contributed by atoms with Crippen molar-refractivity contribution in [1.82, 2.24) is 9.13 Å². The summed E-state index contributed by atoms with van der Waals surface area (Å²) < 4.78 is 4.86. The van der Waals surface area contributed by atoms with Crippen LogP contribution in [-0.2, 0) is 5.41 Å². The van der Waals surface area contributed by atoms with Crippen molar-refractivity contribution in [3.63, 3.8) is 0 Å². The van der Waals surface area contributed by atoms with Crippen molar-refractivity contribution in [2.45, 2.75) is 33.1 Å². The molecule has 0 bridgehead atoms. The molecule has 0 saturated heterocycles. The van der Waals surface area contributed by atoms with E-state index in [1.807, 2.05) is 30.4 Å². The highest BCUT2D eigenvalue weighted by atomic mass is 15.0. The van der Waals surface area contributed by atoms with E-state index in [0.717, 1.165) is 16.5 Å². The smallest absolute Gasteiger partial charge is 0.0541 e. The zero-order valence-electron chi connectivity index (χ0n) is 43.0. The largest absolute Gasteiger partial charge is 0.309 e. The van der Waals surface area contributed by atoms with Crippen LogP contribution in [0.2, 0.25) is 0 Å². The Morgan fingerprint density at radius 2 is 0.973 bits per heavy atom. The van der Waals surface area contributed by atoms with Crippen LogP contribution < -0.4 is 10.4 Å². The molecular formula is C73H56N2. The maximum atomic E-state index is 4.51. The summed E-state index contributed by atoms with van der Waals surface area (Å²) in [5, 5.41) is 9.58. The van der Waals surface area contributed by atoms with E-state index in [1.165, 1.54) is 132 Å². The first-order valence-electron chi connectivity index (χ1n) is 26.0. The molecule has 2 heteroatoms. The van der Waals surface area contributed by atoms with Crippen LogP contribution in [0.3, 0.4) is 0 Å². The number of allylic oxidation sites excluding steroid dienone is 6. The van der Waals surface area contributed by atoms with Crippen LogP contribution in [0.5, 0.6) is 0 Å². The van der Waals surface area contributed by atoms with E-state index < -0.39 is 0 Å². The Bertz CT molecular complexity index is 4560. The van der Waals surface area contributed by atoms with Crippen LogP contribution in [0.15, 0.2) is 249 Å². The van der Waals surface area contributed by atoms with E-state index in [0.29, 0.717) is 0 Å². The molecule has 2 nitrogen and oxygen atoms in total. The van der Waals surface area contributed by atoms with Gasteiger partial charge in [-0.1, -0.05) is 191 Å². The average Bonchev–Trinajstić information content (AvgIpc) is 4.17. The van der Waals surface area contributed by atoms with Gasteiger partial charge in [-0.25, -0.2) is 0 Å². The number of nitrogens with zero attached hydrogens (tertiary/aromatic N) is 2. The first-order valence-corrected chi connectivity index (χ1v) is 26.0. The molecule has 2 aliphatic carbocycles. The Labute approximate surface area is 438 Å². The molecule has 0 atom stereocenters. The summed E-state index contributed by atoms with van der Waals surface area (Å²) in [4.78, 5) is 0. The summed E-state index contributed by atoms with van der Waals surface area (Å²) in [6.45, 7) is 21.7. The number of fused-ring (bicyclic) bond motifs is 11. The molecule has 0 N–H and O–H groups in total. The minimum Gasteiger partial charge on any atom is -0.309 e. The molecule has 0 aliphatic heterocycles. The quantitative estimate of drug-likeness (QED) is 0.151. The Hall–Kier alpha value is -9.24. The van der Waals surface area contributed by atoms with E-state index in [1.54, 1.807) is 0 Å². The van der Waals surface area contributed by atoms with Gasteiger partial charge in [0.2, 0.25) is 0 Å². The Morgan fingerprint density at radius 1 is 0.427 bits per heavy atom. The maximum Gasteiger partial charge on any atom is 0.0541 e. The van der Waals surface area contributed by atoms with Gasteiger partial charge in [-0.2, -0.15) is 0 Å². The number of para-hydroxylation sites is 2. The van der Waals surface area contributed by atoms with Gasteiger partial charge in [0.1, 0.15) is 0 Å². The highest BCUT2D eigenvalue weighted by Crippen LogP contribution is 2.49. The van der Waals surface area contributed by atoms with Crippen LogP contribution in [0.4, 0.5) is 0 Å². The van der Waals surface area contributed by atoms with E-state index in [9.17, 15) is 0 Å². The molecule has 10 aromatic carbocycles. The molecule has 2 heterocycles. The summed E-state index contributed by atoms with van der Waals surface area (Å²) >= 11 is 0. The molecule has 14 rings (SSSR count). The first-order chi connectivity index (χ1) is 36.6. The monoisotopic (exact) mass is 960 g/mol. The van der Waals surface area contributed by atoms with Gasteiger partial charge in [0.25, 0.3) is 0 Å².